The minimum absolute atomic E-state index is 0.0832. The highest BCUT2D eigenvalue weighted by Crippen LogP contribution is 2.30. The number of hydrogen-bond donors (Lipinski definition) is 0. The first kappa shape index (κ1) is 25.8. The number of hydrogen-bond acceptors (Lipinski definition) is 10. The van der Waals surface area contributed by atoms with Gasteiger partial charge in [0.1, 0.15) is 17.4 Å². The molecule has 0 spiro atoms. The van der Waals surface area contributed by atoms with Crippen LogP contribution in [0.1, 0.15) is 49.3 Å². The Balaban J connectivity index is 1.48. The molecule has 0 radical (unpaired) electrons. The lowest BCUT2D eigenvalue weighted by atomic mass is 9.93. The van der Waals surface area contributed by atoms with Crippen molar-refractivity contribution in [1.82, 2.24) is 24.9 Å². The molecule has 190 valence electrons. The van der Waals surface area contributed by atoms with Crippen LogP contribution >= 0.6 is 0 Å². The van der Waals surface area contributed by atoms with Crippen LogP contribution in [0.5, 0.6) is 5.88 Å². The number of carbonyl (C=O) groups is 1. The average Bonchev–Trinajstić information content (AvgIpc) is 3.72. The van der Waals surface area contributed by atoms with E-state index in [9.17, 15) is 13.2 Å². The molecule has 1 unspecified atom stereocenters. The first-order valence-corrected chi connectivity index (χ1v) is 13.6. The Labute approximate surface area is 210 Å². The molecule has 0 amide bonds. The molecule has 1 atom stereocenters. The molecule has 1 aliphatic rings. The number of sulfone groups is 1. The van der Waals surface area contributed by atoms with Crippen molar-refractivity contribution in [2.45, 2.75) is 49.5 Å². The third-order valence-electron chi connectivity index (χ3n) is 5.83. The SMILES string of the molecule is CCOc1cncc(-c2ccc(CC(=O)C(CCOC)c3ccnc(CS(=O)(=O)C4CC4)n3)nc2)n1. The summed E-state index contributed by atoms with van der Waals surface area (Å²) in [6, 6.07) is 5.28. The minimum Gasteiger partial charge on any atom is -0.477 e. The lowest BCUT2D eigenvalue weighted by Gasteiger charge is -2.16. The number of nitrogens with zero attached hydrogens (tertiary/aromatic N) is 5. The first-order valence-electron chi connectivity index (χ1n) is 11.8. The Kier molecular flexibility index (Phi) is 8.32. The zero-order chi connectivity index (χ0) is 25.5. The molecule has 3 heterocycles. The van der Waals surface area contributed by atoms with Crippen LogP contribution < -0.4 is 4.74 Å². The predicted molar refractivity (Wildman–Crippen MR) is 132 cm³/mol. The van der Waals surface area contributed by atoms with Crippen molar-refractivity contribution in [3.05, 3.63) is 60.2 Å². The van der Waals surface area contributed by atoms with E-state index >= 15 is 0 Å². The Morgan fingerprint density at radius 3 is 2.64 bits per heavy atom. The van der Waals surface area contributed by atoms with Crippen LogP contribution in [0.15, 0.2) is 43.0 Å². The van der Waals surface area contributed by atoms with Crippen molar-refractivity contribution in [1.29, 1.82) is 0 Å². The Morgan fingerprint density at radius 1 is 1.11 bits per heavy atom. The van der Waals surface area contributed by atoms with E-state index in [0.29, 0.717) is 55.4 Å². The van der Waals surface area contributed by atoms with E-state index in [0.717, 1.165) is 5.56 Å². The summed E-state index contributed by atoms with van der Waals surface area (Å²) in [6.45, 7) is 2.73. The van der Waals surface area contributed by atoms with Gasteiger partial charge in [0.2, 0.25) is 5.88 Å². The second-order valence-corrected chi connectivity index (χ2v) is 10.9. The van der Waals surface area contributed by atoms with Gasteiger partial charge in [-0.1, -0.05) is 0 Å². The second kappa shape index (κ2) is 11.6. The number of aromatic nitrogens is 5. The van der Waals surface area contributed by atoms with Crippen LogP contribution in [0.2, 0.25) is 0 Å². The molecule has 0 aliphatic heterocycles. The van der Waals surface area contributed by atoms with Crippen molar-refractivity contribution >= 4 is 15.6 Å². The van der Waals surface area contributed by atoms with E-state index in [1.54, 1.807) is 37.8 Å². The maximum Gasteiger partial charge on any atom is 0.232 e. The van der Waals surface area contributed by atoms with Gasteiger partial charge in [-0.05, 0) is 44.4 Å². The van der Waals surface area contributed by atoms with E-state index in [4.69, 9.17) is 9.47 Å². The normalized spacial score (nSPS) is 14.4. The third kappa shape index (κ3) is 6.67. The van der Waals surface area contributed by atoms with Gasteiger partial charge >= 0.3 is 0 Å². The van der Waals surface area contributed by atoms with Crippen molar-refractivity contribution < 1.29 is 22.7 Å². The number of rotatable bonds is 13. The van der Waals surface area contributed by atoms with Gasteiger partial charge in [0, 0.05) is 43.8 Å². The van der Waals surface area contributed by atoms with Gasteiger partial charge in [-0.3, -0.25) is 14.8 Å². The van der Waals surface area contributed by atoms with E-state index in [1.165, 1.54) is 6.20 Å². The maximum absolute atomic E-state index is 13.3. The average molecular weight is 512 g/mol. The summed E-state index contributed by atoms with van der Waals surface area (Å²) in [5, 5.41) is -0.294. The summed E-state index contributed by atoms with van der Waals surface area (Å²) in [6.07, 6.45) is 8.23. The van der Waals surface area contributed by atoms with Crippen LogP contribution in [-0.4, -0.2) is 64.7 Å². The Bertz CT molecular complexity index is 1300. The topological polar surface area (TPSA) is 134 Å². The molecule has 0 N–H and O–H groups in total. The molecule has 0 saturated heterocycles. The molecular weight excluding hydrogens is 482 g/mol. The van der Waals surface area contributed by atoms with Crippen molar-refractivity contribution in [3.63, 3.8) is 0 Å². The fraction of sp³-hybridized carbons (Fsp3) is 0.440. The predicted octanol–water partition coefficient (Wildman–Crippen LogP) is 2.74. The van der Waals surface area contributed by atoms with Gasteiger partial charge in [0.25, 0.3) is 0 Å². The smallest absolute Gasteiger partial charge is 0.232 e. The number of Topliss-reactive ketones (excluding diaryl/α,β-unsaturated/α-hetero) is 1. The molecular formula is C25H29N5O5S. The van der Waals surface area contributed by atoms with Gasteiger partial charge in [0.05, 0.1) is 41.6 Å². The lowest BCUT2D eigenvalue weighted by Crippen LogP contribution is -2.20. The van der Waals surface area contributed by atoms with Crippen LogP contribution in [-0.2, 0) is 31.5 Å². The third-order valence-corrected chi connectivity index (χ3v) is 7.97. The van der Waals surface area contributed by atoms with Crippen LogP contribution in [0.3, 0.4) is 0 Å². The number of methoxy groups -OCH3 is 1. The Morgan fingerprint density at radius 2 is 1.94 bits per heavy atom. The fourth-order valence-electron chi connectivity index (χ4n) is 3.80. The summed E-state index contributed by atoms with van der Waals surface area (Å²) >= 11 is 0. The van der Waals surface area contributed by atoms with E-state index in [2.05, 4.69) is 24.9 Å². The van der Waals surface area contributed by atoms with Crippen molar-refractivity contribution in [2.24, 2.45) is 0 Å². The quantitative estimate of drug-likeness (QED) is 0.337. The van der Waals surface area contributed by atoms with Crippen LogP contribution in [0.4, 0.5) is 0 Å². The molecule has 0 aromatic carbocycles. The largest absolute Gasteiger partial charge is 0.477 e. The molecule has 1 fully saturated rings. The summed E-state index contributed by atoms with van der Waals surface area (Å²) in [7, 11) is -1.70. The minimum atomic E-state index is -3.26. The molecule has 11 heteroatoms. The Hall–Kier alpha value is -3.31. The molecule has 1 saturated carbocycles. The zero-order valence-electron chi connectivity index (χ0n) is 20.3. The highest BCUT2D eigenvalue weighted by molar-refractivity contribution is 7.91. The van der Waals surface area contributed by atoms with Crippen LogP contribution in [0.25, 0.3) is 11.3 Å². The molecule has 0 bridgehead atoms. The summed E-state index contributed by atoms with van der Waals surface area (Å²) in [4.78, 5) is 34.9. The summed E-state index contributed by atoms with van der Waals surface area (Å²) in [5.41, 5.74) is 2.48. The number of pyridine rings is 1. The van der Waals surface area contributed by atoms with Gasteiger partial charge in [-0.15, -0.1) is 0 Å². The highest BCUT2D eigenvalue weighted by Gasteiger charge is 2.36. The number of ether oxygens (including phenoxy) is 2. The van der Waals surface area contributed by atoms with Gasteiger partial charge in [0.15, 0.2) is 9.84 Å². The number of carbonyl (C=O) groups excluding carboxylic acids is 1. The maximum atomic E-state index is 13.3. The molecule has 10 nitrogen and oxygen atoms in total. The lowest BCUT2D eigenvalue weighted by molar-refractivity contribution is -0.120. The monoisotopic (exact) mass is 511 g/mol. The number of ketones is 1. The zero-order valence-corrected chi connectivity index (χ0v) is 21.1. The summed E-state index contributed by atoms with van der Waals surface area (Å²) in [5.74, 6) is -0.213. The van der Waals surface area contributed by atoms with Crippen molar-refractivity contribution in [3.8, 4) is 17.1 Å². The van der Waals surface area contributed by atoms with Gasteiger partial charge in [-0.25, -0.2) is 23.4 Å². The van der Waals surface area contributed by atoms with E-state index < -0.39 is 15.8 Å². The molecule has 3 aromatic rings. The van der Waals surface area contributed by atoms with Gasteiger partial charge < -0.3 is 9.47 Å². The molecule has 1 aliphatic carbocycles. The van der Waals surface area contributed by atoms with E-state index in [-0.39, 0.29) is 29.0 Å². The fourth-order valence-corrected chi connectivity index (χ4v) is 5.39. The molecule has 4 rings (SSSR count). The standard InChI is InChI=1S/C25H29N5O5S/c1-3-35-25-15-26-14-22(30-25)17-4-5-18(28-13-17)12-23(31)20(9-11-34-2)21-8-10-27-24(29-21)16-36(32,33)19-6-7-19/h4-5,8,10,13-15,19-20H,3,6-7,9,11-12,16H2,1-2H3. The van der Waals surface area contributed by atoms with E-state index in [1.807, 2.05) is 13.0 Å². The second-order valence-electron chi connectivity index (χ2n) is 8.60. The highest BCUT2D eigenvalue weighted by atomic mass is 32.2. The van der Waals surface area contributed by atoms with Crippen LogP contribution in [0, 0.1) is 0 Å². The molecule has 3 aromatic heterocycles. The summed E-state index contributed by atoms with van der Waals surface area (Å²) < 4.78 is 35.4. The van der Waals surface area contributed by atoms with Crippen molar-refractivity contribution in [2.75, 3.05) is 20.3 Å². The first-order chi connectivity index (χ1) is 17.4. The molecule has 36 heavy (non-hydrogen) atoms. The van der Waals surface area contributed by atoms with Gasteiger partial charge in [-0.2, -0.15) is 0 Å².